The number of hydrogen-bond donors (Lipinski definition) is 2. The standard InChI is InChI=1S/C25H27N3O3/c1-28(24(29)15-26)17-19-6-3-7-22(13-19)20-9-11-21(12-10-20)25(30)27-16-18-5-4-8-23(14-18)31-2/h3-14H,15-17,26H2,1-2H3,(H,27,30). The van der Waals surface area contributed by atoms with Crippen molar-refractivity contribution in [3.63, 3.8) is 0 Å². The summed E-state index contributed by atoms with van der Waals surface area (Å²) < 4.78 is 5.21. The summed E-state index contributed by atoms with van der Waals surface area (Å²) in [6.07, 6.45) is 0. The van der Waals surface area contributed by atoms with Crippen molar-refractivity contribution in [3.8, 4) is 16.9 Å². The first-order valence-electron chi connectivity index (χ1n) is 10.0. The summed E-state index contributed by atoms with van der Waals surface area (Å²) >= 11 is 0. The minimum Gasteiger partial charge on any atom is -0.497 e. The average Bonchev–Trinajstić information content (AvgIpc) is 2.82. The highest BCUT2D eigenvalue weighted by atomic mass is 16.5. The van der Waals surface area contributed by atoms with E-state index in [1.165, 1.54) is 0 Å². The average molecular weight is 418 g/mol. The number of nitrogens with one attached hydrogen (secondary N) is 1. The van der Waals surface area contributed by atoms with Crippen LogP contribution in [0.4, 0.5) is 0 Å². The molecular formula is C25H27N3O3. The van der Waals surface area contributed by atoms with E-state index in [4.69, 9.17) is 10.5 Å². The van der Waals surface area contributed by atoms with Crippen molar-refractivity contribution in [2.75, 3.05) is 20.7 Å². The smallest absolute Gasteiger partial charge is 0.251 e. The first-order valence-corrected chi connectivity index (χ1v) is 10.0. The quantitative estimate of drug-likeness (QED) is 0.589. The lowest BCUT2D eigenvalue weighted by atomic mass is 10.0. The number of ether oxygens (including phenoxy) is 1. The molecule has 3 rings (SSSR count). The Morgan fingerprint density at radius 3 is 2.35 bits per heavy atom. The molecule has 160 valence electrons. The maximum atomic E-state index is 12.5. The van der Waals surface area contributed by atoms with Crippen LogP contribution in [0.3, 0.4) is 0 Å². The number of rotatable bonds is 8. The minimum atomic E-state index is -0.134. The largest absolute Gasteiger partial charge is 0.497 e. The van der Waals surface area contributed by atoms with E-state index >= 15 is 0 Å². The predicted octanol–water partition coefficient (Wildman–Crippen LogP) is 3.21. The predicted molar refractivity (Wildman–Crippen MR) is 122 cm³/mol. The van der Waals surface area contributed by atoms with Gasteiger partial charge >= 0.3 is 0 Å². The Bertz CT molecular complexity index is 1050. The van der Waals surface area contributed by atoms with Gasteiger partial charge in [-0.15, -0.1) is 0 Å². The fraction of sp³-hybridized carbons (Fsp3) is 0.200. The number of nitrogens with zero attached hydrogens (tertiary/aromatic N) is 1. The molecule has 3 aromatic rings. The third-order valence-corrected chi connectivity index (χ3v) is 5.01. The van der Waals surface area contributed by atoms with E-state index in [9.17, 15) is 9.59 Å². The molecule has 0 spiro atoms. The summed E-state index contributed by atoms with van der Waals surface area (Å²) in [7, 11) is 3.35. The molecule has 0 heterocycles. The topological polar surface area (TPSA) is 84.7 Å². The first kappa shape index (κ1) is 22.1. The Balaban J connectivity index is 1.65. The van der Waals surface area contributed by atoms with E-state index in [2.05, 4.69) is 5.32 Å². The van der Waals surface area contributed by atoms with Gasteiger partial charge in [-0.25, -0.2) is 0 Å². The van der Waals surface area contributed by atoms with E-state index in [0.717, 1.165) is 28.0 Å². The second kappa shape index (κ2) is 10.4. The van der Waals surface area contributed by atoms with Gasteiger partial charge in [-0.1, -0.05) is 42.5 Å². The summed E-state index contributed by atoms with van der Waals surface area (Å²) in [5, 5.41) is 2.93. The van der Waals surface area contributed by atoms with Crippen molar-refractivity contribution in [2.45, 2.75) is 13.1 Å². The third kappa shape index (κ3) is 5.93. The van der Waals surface area contributed by atoms with Gasteiger partial charge in [-0.05, 0) is 52.6 Å². The van der Waals surface area contributed by atoms with Crippen LogP contribution in [0.2, 0.25) is 0 Å². The number of benzene rings is 3. The zero-order valence-electron chi connectivity index (χ0n) is 17.8. The van der Waals surface area contributed by atoms with Crippen LogP contribution in [0.15, 0.2) is 72.8 Å². The monoisotopic (exact) mass is 417 g/mol. The van der Waals surface area contributed by atoms with Crippen LogP contribution in [0.5, 0.6) is 5.75 Å². The molecule has 6 nitrogen and oxygen atoms in total. The zero-order chi connectivity index (χ0) is 22.2. The number of hydrogen-bond acceptors (Lipinski definition) is 4. The maximum Gasteiger partial charge on any atom is 0.251 e. The van der Waals surface area contributed by atoms with Crippen molar-refractivity contribution in [3.05, 3.63) is 89.5 Å². The molecule has 0 aromatic heterocycles. The summed E-state index contributed by atoms with van der Waals surface area (Å²) in [6, 6.07) is 23.1. The fourth-order valence-corrected chi connectivity index (χ4v) is 3.25. The van der Waals surface area contributed by atoms with E-state index in [1.807, 2.05) is 72.8 Å². The van der Waals surface area contributed by atoms with Gasteiger partial charge in [0.2, 0.25) is 5.91 Å². The van der Waals surface area contributed by atoms with Crippen molar-refractivity contribution < 1.29 is 14.3 Å². The van der Waals surface area contributed by atoms with Crippen LogP contribution in [0, 0.1) is 0 Å². The van der Waals surface area contributed by atoms with Gasteiger partial charge in [0, 0.05) is 25.7 Å². The zero-order valence-corrected chi connectivity index (χ0v) is 17.8. The molecular weight excluding hydrogens is 390 g/mol. The molecule has 0 unspecified atom stereocenters. The molecule has 3 N–H and O–H groups in total. The molecule has 2 amide bonds. The van der Waals surface area contributed by atoms with Crippen LogP contribution in [0.25, 0.3) is 11.1 Å². The van der Waals surface area contributed by atoms with Gasteiger partial charge in [0.15, 0.2) is 0 Å². The highest BCUT2D eigenvalue weighted by molar-refractivity contribution is 5.94. The summed E-state index contributed by atoms with van der Waals surface area (Å²) in [6.45, 7) is 0.918. The summed E-state index contributed by atoms with van der Waals surface area (Å²) in [5.41, 5.74) is 10.0. The molecule has 0 fully saturated rings. The van der Waals surface area contributed by atoms with Crippen LogP contribution < -0.4 is 15.8 Å². The lowest BCUT2D eigenvalue weighted by Gasteiger charge is -2.16. The second-order valence-electron chi connectivity index (χ2n) is 7.27. The maximum absolute atomic E-state index is 12.5. The highest BCUT2D eigenvalue weighted by Crippen LogP contribution is 2.22. The molecule has 31 heavy (non-hydrogen) atoms. The fourth-order valence-electron chi connectivity index (χ4n) is 3.25. The molecule has 0 aliphatic rings. The van der Waals surface area contributed by atoms with Gasteiger partial charge in [0.25, 0.3) is 5.91 Å². The normalized spacial score (nSPS) is 10.4. The number of amides is 2. The van der Waals surface area contributed by atoms with Gasteiger partial charge in [-0.3, -0.25) is 9.59 Å². The molecule has 0 aliphatic carbocycles. The van der Waals surface area contributed by atoms with E-state index in [-0.39, 0.29) is 18.4 Å². The van der Waals surface area contributed by atoms with Crippen LogP contribution in [-0.2, 0) is 17.9 Å². The van der Waals surface area contributed by atoms with Gasteiger partial charge in [0.05, 0.1) is 13.7 Å². The number of carbonyl (C=O) groups is 2. The van der Waals surface area contributed by atoms with Crippen molar-refractivity contribution in [2.24, 2.45) is 5.73 Å². The number of carbonyl (C=O) groups excluding carboxylic acids is 2. The van der Waals surface area contributed by atoms with Crippen LogP contribution in [0.1, 0.15) is 21.5 Å². The van der Waals surface area contributed by atoms with E-state index in [0.29, 0.717) is 18.7 Å². The minimum absolute atomic E-state index is 0.00245. The Hall–Kier alpha value is -3.64. The summed E-state index contributed by atoms with van der Waals surface area (Å²) in [4.78, 5) is 25.8. The lowest BCUT2D eigenvalue weighted by molar-refractivity contribution is -0.128. The molecule has 0 atom stereocenters. The molecule has 3 aromatic carbocycles. The van der Waals surface area contributed by atoms with Crippen molar-refractivity contribution in [1.82, 2.24) is 10.2 Å². The van der Waals surface area contributed by atoms with Crippen LogP contribution >= 0.6 is 0 Å². The number of likely N-dealkylation sites (N-methyl/N-ethyl adjacent to an activating group) is 1. The lowest BCUT2D eigenvalue weighted by Crippen LogP contribution is -2.32. The molecule has 0 radical (unpaired) electrons. The molecule has 0 saturated heterocycles. The van der Waals surface area contributed by atoms with Gasteiger partial charge in [0.1, 0.15) is 5.75 Å². The Labute approximate surface area is 182 Å². The number of methoxy groups -OCH3 is 1. The van der Waals surface area contributed by atoms with Crippen molar-refractivity contribution in [1.29, 1.82) is 0 Å². The molecule has 0 aliphatic heterocycles. The SMILES string of the molecule is COc1cccc(CNC(=O)c2ccc(-c3cccc(CN(C)C(=O)CN)c3)cc2)c1. The van der Waals surface area contributed by atoms with E-state index < -0.39 is 0 Å². The van der Waals surface area contributed by atoms with Gasteiger partial charge < -0.3 is 20.7 Å². The first-order chi connectivity index (χ1) is 15.0. The molecule has 0 saturated carbocycles. The van der Waals surface area contributed by atoms with Crippen molar-refractivity contribution >= 4 is 11.8 Å². The second-order valence-corrected chi connectivity index (χ2v) is 7.27. The van der Waals surface area contributed by atoms with E-state index in [1.54, 1.807) is 19.1 Å². The number of nitrogens with two attached hydrogens (primary N) is 1. The molecule has 6 heteroatoms. The van der Waals surface area contributed by atoms with Gasteiger partial charge in [-0.2, -0.15) is 0 Å². The Kier molecular flexibility index (Phi) is 7.40. The Morgan fingerprint density at radius 2 is 1.65 bits per heavy atom. The third-order valence-electron chi connectivity index (χ3n) is 5.01. The molecule has 0 bridgehead atoms. The van der Waals surface area contributed by atoms with Crippen LogP contribution in [-0.4, -0.2) is 37.4 Å². The highest BCUT2D eigenvalue weighted by Gasteiger charge is 2.09. The Morgan fingerprint density at radius 1 is 0.935 bits per heavy atom. The summed E-state index contributed by atoms with van der Waals surface area (Å²) in [5.74, 6) is 0.525.